The average molecular weight is 291 g/mol. The fourth-order valence-electron chi connectivity index (χ4n) is 1.33. The van der Waals surface area contributed by atoms with Gasteiger partial charge in [0.1, 0.15) is 11.5 Å². The third-order valence-electron chi connectivity index (χ3n) is 2.20. The molecule has 1 aromatic rings. The van der Waals surface area contributed by atoms with Crippen molar-refractivity contribution in [2.24, 2.45) is 10.7 Å². The first-order chi connectivity index (χ1) is 9.80. The molecule has 0 saturated carbocycles. The largest absolute Gasteiger partial charge is 0.464 e. The molecule has 0 aliphatic carbocycles. The Labute approximate surface area is 122 Å². The SMILES string of the molecule is C#CCNC(=NCCSCc1ccc(CN)o1)NC#N. The molecule has 0 aliphatic heterocycles. The zero-order chi connectivity index (χ0) is 14.6. The van der Waals surface area contributed by atoms with Gasteiger partial charge in [-0.15, -0.1) is 6.42 Å². The summed E-state index contributed by atoms with van der Waals surface area (Å²) >= 11 is 1.69. The quantitative estimate of drug-likeness (QED) is 0.170. The highest BCUT2D eigenvalue weighted by molar-refractivity contribution is 7.98. The Morgan fingerprint density at radius 2 is 2.30 bits per heavy atom. The number of nitriles is 1. The number of nitrogens with zero attached hydrogens (tertiary/aromatic N) is 2. The number of furan rings is 1. The lowest BCUT2D eigenvalue weighted by molar-refractivity contribution is 0.482. The molecular formula is C13H17N5OS. The Bertz CT molecular complexity index is 512. The Balaban J connectivity index is 2.25. The van der Waals surface area contributed by atoms with Crippen LogP contribution in [0.15, 0.2) is 21.5 Å². The fourth-order valence-corrected chi connectivity index (χ4v) is 2.05. The van der Waals surface area contributed by atoms with E-state index in [2.05, 4.69) is 21.5 Å². The van der Waals surface area contributed by atoms with Crippen LogP contribution in [0.25, 0.3) is 0 Å². The Hall–Kier alpha value is -2.09. The molecule has 1 aromatic heterocycles. The van der Waals surface area contributed by atoms with E-state index in [1.165, 1.54) is 0 Å². The highest BCUT2D eigenvalue weighted by atomic mass is 32.2. The second kappa shape index (κ2) is 9.79. The van der Waals surface area contributed by atoms with Crippen molar-refractivity contribution >= 4 is 17.7 Å². The molecule has 6 nitrogen and oxygen atoms in total. The van der Waals surface area contributed by atoms with E-state index in [-0.39, 0.29) is 0 Å². The fraction of sp³-hybridized carbons (Fsp3) is 0.385. The van der Waals surface area contributed by atoms with Crippen LogP contribution in [0.3, 0.4) is 0 Å². The topological polar surface area (TPSA) is 99.4 Å². The number of terminal acetylenes is 1. The zero-order valence-electron chi connectivity index (χ0n) is 11.1. The summed E-state index contributed by atoms with van der Waals surface area (Å²) in [5, 5.41) is 13.8. The lowest BCUT2D eigenvalue weighted by Crippen LogP contribution is -2.34. The molecule has 0 bridgehead atoms. The second-order valence-corrected chi connectivity index (χ2v) is 4.75. The highest BCUT2D eigenvalue weighted by Crippen LogP contribution is 2.14. The molecule has 7 heteroatoms. The molecule has 0 aromatic carbocycles. The molecule has 0 saturated heterocycles. The molecule has 4 N–H and O–H groups in total. The highest BCUT2D eigenvalue weighted by Gasteiger charge is 2.00. The average Bonchev–Trinajstić information content (AvgIpc) is 2.92. The van der Waals surface area contributed by atoms with Crippen molar-refractivity contribution in [3.8, 4) is 18.5 Å². The summed E-state index contributed by atoms with van der Waals surface area (Å²) in [5.41, 5.74) is 5.47. The van der Waals surface area contributed by atoms with Crippen LogP contribution in [0.5, 0.6) is 0 Å². The van der Waals surface area contributed by atoms with E-state index in [1.54, 1.807) is 11.8 Å². The van der Waals surface area contributed by atoms with Gasteiger partial charge in [0.05, 0.1) is 25.4 Å². The number of thioether (sulfide) groups is 1. The molecule has 0 fully saturated rings. The molecule has 0 aliphatic rings. The summed E-state index contributed by atoms with van der Waals surface area (Å²) in [5.74, 6) is 6.09. The van der Waals surface area contributed by atoms with Crippen molar-refractivity contribution in [2.75, 3.05) is 18.8 Å². The maximum absolute atomic E-state index is 8.55. The number of aliphatic imine (C=N–C) groups is 1. The molecule has 0 unspecified atom stereocenters. The van der Waals surface area contributed by atoms with E-state index >= 15 is 0 Å². The van der Waals surface area contributed by atoms with Crippen LogP contribution in [0.1, 0.15) is 11.5 Å². The first-order valence-corrected chi connectivity index (χ1v) is 7.18. The van der Waals surface area contributed by atoms with Crippen LogP contribution in [0, 0.1) is 23.8 Å². The Morgan fingerprint density at radius 1 is 1.50 bits per heavy atom. The van der Waals surface area contributed by atoms with Gasteiger partial charge in [0.25, 0.3) is 0 Å². The van der Waals surface area contributed by atoms with Gasteiger partial charge in [0.15, 0.2) is 6.19 Å². The van der Waals surface area contributed by atoms with Gasteiger partial charge >= 0.3 is 0 Å². The third kappa shape index (κ3) is 6.19. The van der Waals surface area contributed by atoms with Crippen LogP contribution in [0.4, 0.5) is 0 Å². The minimum atomic E-state index is 0.328. The number of nitrogens with one attached hydrogen (secondary N) is 2. The maximum Gasteiger partial charge on any atom is 0.205 e. The molecule has 106 valence electrons. The number of nitrogens with two attached hydrogens (primary N) is 1. The van der Waals surface area contributed by atoms with Crippen molar-refractivity contribution in [1.82, 2.24) is 10.6 Å². The first kappa shape index (κ1) is 16.0. The molecule has 1 heterocycles. The van der Waals surface area contributed by atoms with Crippen LogP contribution < -0.4 is 16.4 Å². The minimum Gasteiger partial charge on any atom is -0.464 e. The number of rotatable bonds is 7. The normalized spacial score (nSPS) is 10.7. The van der Waals surface area contributed by atoms with E-state index < -0.39 is 0 Å². The monoisotopic (exact) mass is 291 g/mol. The van der Waals surface area contributed by atoms with E-state index in [0.717, 1.165) is 23.0 Å². The van der Waals surface area contributed by atoms with Gasteiger partial charge in [-0.05, 0) is 12.1 Å². The summed E-state index contributed by atoms with van der Waals surface area (Å²) in [4.78, 5) is 4.21. The smallest absolute Gasteiger partial charge is 0.205 e. The molecule has 1 rings (SSSR count). The molecule has 0 radical (unpaired) electrons. The van der Waals surface area contributed by atoms with Crippen LogP contribution >= 0.6 is 11.8 Å². The lowest BCUT2D eigenvalue weighted by Gasteiger charge is -2.04. The van der Waals surface area contributed by atoms with E-state index in [9.17, 15) is 0 Å². The molecule has 0 spiro atoms. The Morgan fingerprint density at radius 3 is 2.95 bits per heavy atom. The van der Waals surface area contributed by atoms with Gasteiger partial charge in [0, 0.05) is 5.75 Å². The summed E-state index contributed by atoms with van der Waals surface area (Å²) < 4.78 is 5.48. The predicted molar refractivity (Wildman–Crippen MR) is 80.6 cm³/mol. The van der Waals surface area contributed by atoms with Crippen molar-refractivity contribution in [3.63, 3.8) is 0 Å². The van der Waals surface area contributed by atoms with Gasteiger partial charge < -0.3 is 15.5 Å². The van der Waals surface area contributed by atoms with Crippen molar-refractivity contribution in [2.45, 2.75) is 12.3 Å². The van der Waals surface area contributed by atoms with Crippen LogP contribution in [0.2, 0.25) is 0 Å². The molecule has 0 amide bonds. The van der Waals surface area contributed by atoms with Crippen molar-refractivity contribution < 1.29 is 4.42 Å². The maximum atomic E-state index is 8.55. The number of hydrogen-bond donors (Lipinski definition) is 3. The number of hydrogen-bond acceptors (Lipinski definition) is 5. The predicted octanol–water partition coefficient (Wildman–Crippen LogP) is 0.621. The van der Waals surface area contributed by atoms with Crippen molar-refractivity contribution in [3.05, 3.63) is 23.7 Å². The molecule has 20 heavy (non-hydrogen) atoms. The van der Waals surface area contributed by atoms with Gasteiger partial charge in [0.2, 0.25) is 5.96 Å². The van der Waals surface area contributed by atoms with Crippen LogP contribution in [-0.4, -0.2) is 24.8 Å². The summed E-state index contributed by atoms with van der Waals surface area (Å²) in [7, 11) is 0. The second-order valence-electron chi connectivity index (χ2n) is 3.65. The lowest BCUT2D eigenvalue weighted by atomic mass is 10.4. The van der Waals surface area contributed by atoms with Crippen LogP contribution in [-0.2, 0) is 12.3 Å². The van der Waals surface area contributed by atoms with Gasteiger partial charge in [-0.2, -0.15) is 17.0 Å². The summed E-state index contributed by atoms with van der Waals surface area (Å²) in [6, 6.07) is 3.81. The zero-order valence-corrected chi connectivity index (χ0v) is 11.9. The van der Waals surface area contributed by atoms with Crippen molar-refractivity contribution in [1.29, 1.82) is 5.26 Å². The molecular weight excluding hydrogens is 274 g/mol. The minimum absolute atomic E-state index is 0.328. The summed E-state index contributed by atoms with van der Waals surface area (Å²) in [6.45, 7) is 1.32. The third-order valence-corrected chi connectivity index (χ3v) is 3.16. The number of guanidine groups is 1. The Kier molecular flexibility index (Phi) is 7.82. The first-order valence-electron chi connectivity index (χ1n) is 6.02. The summed E-state index contributed by atoms with van der Waals surface area (Å²) in [6.07, 6.45) is 6.93. The van der Waals surface area contributed by atoms with Gasteiger partial charge in [-0.3, -0.25) is 10.3 Å². The molecule has 0 atom stereocenters. The van der Waals surface area contributed by atoms with Gasteiger partial charge in [-0.25, -0.2) is 0 Å². The van der Waals surface area contributed by atoms with Gasteiger partial charge in [-0.1, -0.05) is 5.92 Å². The van der Waals surface area contributed by atoms with E-state index in [4.69, 9.17) is 21.8 Å². The standard InChI is InChI=1S/C13H17N5OS/c1-2-5-16-13(18-10-15)17-6-7-20-9-12-4-3-11(8-14)19-12/h1,3-4H,5-9,14H2,(H2,16,17,18). The van der Waals surface area contributed by atoms with E-state index in [1.807, 2.05) is 18.3 Å². The van der Waals surface area contributed by atoms with E-state index in [0.29, 0.717) is 25.6 Å².